The van der Waals surface area contributed by atoms with E-state index in [1.54, 1.807) is 0 Å². The van der Waals surface area contributed by atoms with Gasteiger partial charge < -0.3 is 5.11 Å². The van der Waals surface area contributed by atoms with Crippen molar-refractivity contribution in [2.75, 3.05) is 12.0 Å². The van der Waals surface area contributed by atoms with Crippen LogP contribution in [-0.4, -0.2) is 44.0 Å². The maximum atomic E-state index is 12.0. The summed E-state index contributed by atoms with van der Waals surface area (Å²) in [6.07, 6.45) is 1.93. The van der Waals surface area contributed by atoms with E-state index in [1.807, 2.05) is 84.0 Å². The van der Waals surface area contributed by atoms with Crippen molar-refractivity contribution in [2.24, 2.45) is 0 Å². The highest BCUT2D eigenvalue weighted by atomic mass is 32.2. The first-order chi connectivity index (χ1) is 14.6. The number of pyridine rings is 2. The molecule has 4 aromatic rings. The molecule has 2 aromatic heterocycles. The fourth-order valence-corrected chi connectivity index (χ4v) is 4.24. The monoisotopic (exact) mass is 417 g/mol. The molecule has 1 atom stereocenters. The second-order valence-corrected chi connectivity index (χ2v) is 8.12. The SMILES string of the molecule is CSCC(C(=O)O)N(Cc1ccc2ccccc2n1)Cc1ccc2ccccc2n1. The predicted octanol–water partition coefficient (Wildman–Crippen LogP) is 4.60. The summed E-state index contributed by atoms with van der Waals surface area (Å²) >= 11 is 1.53. The Morgan fingerprint density at radius 3 is 1.83 bits per heavy atom. The van der Waals surface area contributed by atoms with Crippen LogP contribution < -0.4 is 0 Å². The number of thioether (sulfide) groups is 1. The number of aliphatic carboxylic acids is 1. The lowest BCUT2D eigenvalue weighted by Crippen LogP contribution is -2.42. The number of benzene rings is 2. The zero-order valence-electron chi connectivity index (χ0n) is 16.7. The lowest BCUT2D eigenvalue weighted by Gasteiger charge is -2.28. The van der Waals surface area contributed by atoms with Crippen LogP contribution in [0.25, 0.3) is 21.8 Å². The number of rotatable bonds is 8. The van der Waals surface area contributed by atoms with Gasteiger partial charge in [-0.15, -0.1) is 0 Å². The van der Waals surface area contributed by atoms with Crippen LogP contribution in [0.4, 0.5) is 0 Å². The van der Waals surface area contributed by atoms with Crippen molar-refractivity contribution in [1.82, 2.24) is 14.9 Å². The van der Waals surface area contributed by atoms with Crippen molar-refractivity contribution < 1.29 is 9.90 Å². The number of carbonyl (C=O) groups is 1. The van der Waals surface area contributed by atoms with Crippen LogP contribution in [0.15, 0.2) is 72.8 Å². The van der Waals surface area contributed by atoms with Crippen LogP contribution in [0.2, 0.25) is 0 Å². The summed E-state index contributed by atoms with van der Waals surface area (Å²) in [5.74, 6) is -0.331. The number of carboxylic acids is 1. The molecule has 0 spiro atoms. The number of fused-ring (bicyclic) bond motifs is 2. The number of para-hydroxylation sites is 2. The molecule has 0 aliphatic carbocycles. The van der Waals surface area contributed by atoms with Crippen molar-refractivity contribution in [3.63, 3.8) is 0 Å². The second-order valence-electron chi connectivity index (χ2n) is 7.20. The van der Waals surface area contributed by atoms with E-state index in [0.717, 1.165) is 33.2 Å². The van der Waals surface area contributed by atoms with Gasteiger partial charge in [-0.25, -0.2) is 0 Å². The Balaban J connectivity index is 1.66. The third-order valence-corrected chi connectivity index (χ3v) is 5.74. The van der Waals surface area contributed by atoms with Gasteiger partial charge in [0.15, 0.2) is 0 Å². The smallest absolute Gasteiger partial charge is 0.321 e. The minimum atomic E-state index is -0.828. The van der Waals surface area contributed by atoms with Gasteiger partial charge in [-0.2, -0.15) is 11.8 Å². The van der Waals surface area contributed by atoms with Crippen LogP contribution in [0.1, 0.15) is 11.4 Å². The summed E-state index contributed by atoms with van der Waals surface area (Å²) < 4.78 is 0. The Hall–Kier alpha value is -2.96. The summed E-state index contributed by atoms with van der Waals surface area (Å²) in [4.78, 5) is 23.5. The molecule has 0 saturated heterocycles. The first-order valence-corrected chi connectivity index (χ1v) is 11.2. The molecule has 6 heteroatoms. The van der Waals surface area contributed by atoms with E-state index >= 15 is 0 Å². The first-order valence-electron chi connectivity index (χ1n) is 9.79. The van der Waals surface area contributed by atoms with Crippen LogP contribution in [0.5, 0.6) is 0 Å². The fourth-order valence-electron chi connectivity index (χ4n) is 3.58. The maximum Gasteiger partial charge on any atom is 0.321 e. The normalized spacial score (nSPS) is 12.5. The minimum Gasteiger partial charge on any atom is -0.480 e. The van der Waals surface area contributed by atoms with E-state index in [1.165, 1.54) is 11.8 Å². The standard InChI is InChI=1S/C24H23N3O2S/c1-30-16-23(24(28)29)27(14-19-12-10-17-6-2-4-8-21(17)25-19)15-20-13-11-18-7-3-5-9-22(18)26-20/h2-13,23H,14-16H2,1H3,(H,28,29). The molecule has 0 aliphatic heterocycles. The Morgan fingerprint density at radius 1 is 0.867 bits per heavy atom. The second kappa shape index (κ2) is 9.24. The minimum absolute atomic E-state index is 0.441. The van der Waals surface area contributed by atoms with E-state index < -0.39 is 12.0 Å². The van der Waals surface area contributed by atoms with Crippen LogP contribution in [0.3, 0.4) is 0 Å². The van der Waals surface area contributed by atoms with Crippen molar-refractivity contribution >= 4 is 39.5 Å². The van der Waals surface area contributed by atoms with Gasteiger partial charge in [-0.3, -0.25) is 19.7 Å². The molecule has 2 heterocycles. The van der Waals surface area contributed by atoms with E-state index in [0.29, 0.717) is 18.8 Å². The van der Waals surface area contributed by atoms with Gasteiger partial charge >= 0.3 is 5.97 Å². The van der Waals surface area contributed by atoms with Crippen LogP contribution >= 0.6 is 11.8 Å². The summed E-state index contributed by atoms with van der Waals surface area (Å²) in [6.45, 7) is 0.883. The molecule has 2 aromatic carbocycles. The average Bonchev–Trinajstić information content (AvgIpc) is 2.76. The largest absolute Gasteiger partial charge is 0.480 e. The molecule has 30 heavy (non-hydrogen) atoms. The van der Waals surface area contributed by atoms with Gasteiger partial charge in [0.25, 0.3) is 0 Å². The highest BCUT2D eigenvalue weighted by Crippen LogP contribution is 2.19. The van der Waals surface area contributed by atoms with Gasteiger partial charge in [0.1, 0.15) is 6.04 Å². The van der Waals surface area contributed by atoms with Gasteiger partial charge in [-0.05, 0) is 30.5 Å². The molecule has 4 rings (SSSR count). The molecular weight excluding hydrogens is 394 g/mol. The van der Waals surface area contributed by atoms with Gasteiger partial charge in [0.2, 0.25) is 0 Å². The van der Waals surface area contributed by atoms with E-state index in [-0.39, 0.29) is 0 Å². The van der Waals surface area contributed by atoms with E-state index in [4.69, 9.17) is 9.97 Å². The predicted molar refractivity (Wildman–Crippen MR) is 123 cm³/mol. The molecule has 152 valence electrons. The topological polar surface area (TPSA) is 66.3 Å². The summed E-state index contributed by atoms with van der Waals surface area (Å²) in [7, 11) is 0. The highest BCUT2D eigenvalue weighted by Gasteiger charge is 2.26. The fraction of sp³-hybridized carbons (Fsp3) is 0.208. The third-order valence-electron chi connectivity index (χ3n) is 5.09. The lowest BCUT2D eigenvalue weighted by molar-refractivity contribution is -0.142. The molecule has 0 bridgehead atoms. The molecule has 0 fully saturated rings. The quantitative estimate of drug-likeness (QED) is 0.452. The zero-order chi connectivity index (χ0) is 20.9. The molecule has 5 nitrogen and oxygen atoms in total. The average molecular weight is 418 g/mol. The Labute approximate surface area is 179 Å². The van der Waals surface area contributed by atoms with Crippen LogP contribution in [-0.2, 0) is 17.9 Å². The number of nitrogens with zero attached hydrogens (tertiary/aromatic N) is 3. The van der Waals surface area contributed by atoms with E-state index in [9.17, 15) is 9.90 Å². The first kappa shape index (κ1) is 20.3. The Kier molecular flexibility index (Phi) is 6.26. The molecule has 1 unspecified atom stereocenters. The molecular formula is C24H23N3O2S. The van der Waals surface area contributed by atoms with Crippen molar-refractivity contribution in [3.05, 3.63) is 84.2 Å². The maximum absolute atomic E-state index is 12.0. The van der Waals surface area contributed by atoms with Gasteiger partial charge in [0, 0.05) is 29.6 Å². The zero-order valence-corrected chi connectivity index (χ0v) is 17.5. The molecule has 1 N–H and O–H groups in total. The van der Waals surface area contributed by atoms with E-state index in [2.05, 4.69) is 0 Å². The number of hydrogen-bond donors (Lipinski definition) is 1. The number of carboxylic acid groups (broad SMARTS) is 1. The van der Waals surface area contributed by atoms with Crippen molar-refractivity contribution in [1.29, 1.82) is 0 Å². The Bertz CT molecular complexity index is 1100. The van der Waals surface area contributed by atoms with Crippen molar-refractivity contribution in [3.8, 4) is 0 Å². The van der Waals surface area contributed by atoms with Gasteiger partial charge in [-0.1, -0.05) is 48.5 Å². The summed E-state index contributed by atoms with van der Waals surface area (Å²) in [5, 5.41) is 12.0. The molecule has 0 amide bonds. The molecule has 0 aliphatic rings. The molecule has 0 saturated carbocycles. The highest BCUT2D eigenvalue weighted by molar-refractivity contribution is 7.98. The van der Waals surface area contributed by atoms with Gasteiger partial charge in [0.05, 0.1) is 22.4 Å². The Morgan fingerprint density at radius 2 is 1.37 bits per heavy atom. The molecule has 0 radical (unpaired) electrons. The summed E-state index contributed by atoms with van der Waals surface area (Å²) in [6, 6.07) is 23.3. The summed E-state index contributed by atoms with van der Waals surface area (Å²) in [5.41, 5.74) is 3.52. The van der Waals surface area contributed by atoms with Crippen LogP contribution in [0, 0.1) is 0 Å². The van der Waals surface area contributed by atoms with Crippen molar-refractivity contribution in [2.45, 2.75) is 19.1 Å². The number of hydrogen-bond acceptors (Lipinski definition) is 5. The lowest BCUT2D eigenvalue weighted by atomic mass is 10.1. The number of aromatic nitrogens is 2. The third kappa shape index (κ3) is 4.61.